The van der Waals surface area contributed by atoms with Gasteiger partial charge in [-0.05, 0) is 25.0 Å². The molecule has 0 fully saturated rings. The van der Waals surface area contributed by atoms with E-state index in [0.717, 1.165) is 11.1 Å². The zero-order valence-electron chi connectivity index (χ0n) is 16.1. The van der Waals surface area contributed by atoms with Crippen LogP contribution >= 0.6 is 0 Å². The third-order valence-corrected chi connectivity index (χ3v) is 4.95. The first kappa shape index (κ1) is 20.1. The Labute approximate surface area is 160 Å². The van der Waals surface area contributed by atoms with Crippen LogP contribution in [0.1, 0.15) is 38.8 Å². The van der Waals surface area contributed by atoms with Crippen LogP contribution in [0.3, 0.4) is 0 Å². The molecule has 0 saturated carbocycles. The van der Waals surface area contributed by atoms with E-state index >= 15 is 0 Å². The molecule has 1 N–H and O–H groups in total. The third kappa shape index (κ3) is 4.32. The van der Waals surface area contributed by atoms with Crippen LogP contribution in [0.5, 0.6) is 0 Å². The van der Waals surface area contributed by atoms with E-state index in [2.05, 4.69) is 0 Å². The van der Waals surface area contributed by atoms with Crippen LogP contribution in [0, 0.1) is 22.2 Å². The second-order valence-electron chi connectivity index (χ2n) is 7.36. The first-order valence-corrected chi connectivity index (χ1v) is 8.73. The molecule has 0 radical (unpaired) electrons. The minimum absolute atomic E-state index is 0.0544. The number of nitriles is 1. The number of nitrogens with zero attached hydrogens (tertiary/aromatic N) is 1. The fourth-order valence-electron chi connectivity index (χ4n) is 2.46. The average molecular weight is 360 g/mol. The Morgan fingerprint density at radius 1 is 0.963 bits per heavy atom. The van der Waals surface area contributed by atoms with E-state index in [1.165, 1.54) is 6.21 Å². The number of carbonyl (C=O) groups excluding carboxylic acids is 1. The Kier molecular flexibility index (Phi) is 5.97. The molecular formula is C23H24N2O2. The van der Waals surface area contributed by atoms with Gasteiger partial charge >= 0.3 is 5.97 Å². The summed E-state index contributed by atoms with van der Waals surface area (Å²) in [5.74, 6) is -0.694. The van der Waals surface area contributed by atoms with Crippen molar-refractivity contribution in [2.75, 3.05) is 0 Å². The van der Waals surface area contributed by atoms with Crippen LogP contribution in [0.2, 0.25) is 0 Å². The number of hydrogen-bond acceptors (Lipinski definition) is 4. The minimum atomic E-state index is -0.952. The quantitative estimate of drug-likeness (QED) is 0.340. The Bertz CT molecular complexity index is 847. The predicted molar refractivity (Wildman–Crippen MR) is 107 cm³/mol. The Morgan fingerprint density at radius 3 is 1.78 bits per heavy atom. The van der Waals surface area contributed by atoms with Crippen molar-refractivity contribution in [2.45, 2.75) is 33.3 Å². The molecule has 2 aromatic rings. The van der Waals surface area contributed by atoms with E-state index in [-0.39, 0.29) is 5.57 Å². The van der Waals surface area contributed by atoms with Crippen LogP contribution in [-0.4, -0.2) is 17.8 Å². The van der Waals surface area contributed by atoms with Crippen molar-refractivity contribution in [2.24, 2.45) is 5.41 Å². The molecule has 0 spiro atoms. The summed E-state index contributed by atoms with van der Waals surface area (Å²) in [5.41, 5.74) is 0.381. The summed E-state index contributed by atoms with van der Waals surface area (Å²) in [6, 6.07) is 20.7. The van der Waals surface area contributed by atoms with Crippen LogP contribution < -0.4 is 0 Å². The molecule has 2 aromatic carbocycles. The van der Waals surface area contributed by atoms with Crippen molar-refractivity contribution in [1.82, 2.24) is 0 Å². The Hall–Kier alpha value is -3.19. The molecule has 0 unspecified atom stereocenters. The molecule has 0 amide bonds. The lowest BCUT2D eigenvalue weighted by atomic mass is 9.78. The maximum atomic E-state index is 13.0. The third-order valence-electron chi connectivity index (χ3n) is 4.95. The van der Waals surface area contributed by atoms with Gasteiger partial charge in [-0.25, -0.2) is 4.79 Å². The van der Waals surface area contributed by atoms with Gasteiger partial charge in [-0.3, -0.25) is 0 Å². The van der Waals surface area contributed by atoms with Crippen molar-refractivity contribution < 1.29 is 9.53 Å². The van der Waals surface area contributed by atoms with Crippen LogP contribution in [0.15, 0.2) is 66.2 Å². The molecule has 0 aliphatic rings. The first-order chi connectivity index (χ1) is 12.7. The van der Waals surface area contributed by atoms with Crippen LogP contribution in [-0.2, 0) is 9.53 Å². The highest BCUT2D eigenvalue weighted by atomic mass is 16.6. The molecule has 0 bridgehead atoms. The fourth-order valence-corrected chi connectivity index (χ4v) is 2.46. The van der Waals surface area contributed by atoms with Gasteiger partial charge < -0.3 is 10.1 Å². The zero-order valence-corrected chi connectivity index (χ0v) is 16.1. The second-order valence-corrected chi connectivity index (χ2v) is 7.36. The van der Waals surface area contributed by atoms with Crippen LogP contribution in [0.25, 0.3) is 5.57 Å². The Morgan fingerprint density at radius 2 is 1.41 bits per heavy atom. The highest BCUT2D eigenvalue weighted by Crippen LogP contribution is 2.34. The number of nitrogens with one attached hydrogen (secondary N) is 1. The maximum absolute atomic E-state index is 13.0. The van der Waals surface area contributed by atoms with E-state index in [9.17, 15) is 10.1 Å². The van der Waals surface area contributed by atoms with Crippen molar-refractivity contribution in [1.29, 1.82) is 10.7 Å². The molecule has 0 atom stereocenters. The minimum Gasteiger partial charge on any atom is -0.455 e. The highest BCUT2D eigenvalue weighted by Gasteiger charge is 2.40. The summed E-state index contributed by atoms with van der Waals surface area (Å²) < 4.78 is 5.70. The van der Waals surface area contributed by atoms with E-state index in [4.69, 9.17) is 10.1 Å². The molecule has 27 heavy (non-hydrogen) atoms. The van der Waals surface area contributed by atoms with Gasteiger partial charge in [0.05, 0.1) is 0 Å². The topological polar surface area (TPSA) is 73.9 Å². The lowest BCUT2D eigenvalue weighted by Gasteiger charge is -2.37. The van der Waals surface area contributed by atoms with E-state index in [1.54, 1.807) is 13.8 Å². The molecule has 138 valence electrons. The largest absolute Gasteiger partial charge is 0.455 e. The SMILES string of the molecule is CC(C)(C=N)C(C)(C)OC(=O)C(C#N)=C(c1ccccc1)c1ccccc1. The summed E-state index contributed by atoms with van der Waals surface area (Å²) in [5, 5.41) is 17.4. The standard InChI is InChI=1S/C23H24N2O2/c1-22(2,16-25)23(3,4)27-21(26)19(15-24)20(17-11-7-5-8-12-17)18-13-9-6-10-14-18/h5-14,16,25H,1-4H3. The van der Waals surface area contributed by atoms with Crippen LogP contribution in [0.4, 0.5) is 0 Å². The number of hydrogen-bond donors (Lipinski definition) is 1. The molecule has 0 saturated heterocycles. The smallest absolute Gasteiger partial charge is 0.350 e. The van der Waals surface area contributed by atoms with E-state index in [1.807, 2.05) is 80.6 Å². The van der Waals surface area contributed by atoms with Gasteiger partial charge in [-0.2, -0.15) is 5.26 Å². The lowest BCUT2D eigenvalue weighted by molar-refractivity contribution is -0.157. The van der Waals surface area contributed by atoms with Gasteiger partial charge in [-0.15, -0.1) is 0 Å². The summed E-state index contributed by atoms with van der Waals surface area (Å²) >= 11 is 0. The monoisotopic (exact) mass is 360 g/mol. The van der Waals surface area contributed by atoms with E-state index in [0.29, 0.717) is 5.57 Å². The molecule has 4 nitrogen and oxygen atoms in total. The number of ether oxygens (including phenoxy) is 1. The van der Waals surface area contributed by atoms with Crippen molar-refractivity contribution >= 4 is 17.8 Å². The molecule has 0 aliphatic heterocycles. The van der Waals surface area contributed by atoms with Gasteiger partial charge in [0.15, 0.2) is 0 Å². The summed E-state index contributed by atoms with van der Waals surface area (Å²) in [7, 11) is 0. The number of benzene rings is 2. The van der Waals surface area contributed by atoms with Gasteiger partial charge in [0, 0.05) is 17.2 Å². The molecule has 2 rings (SSSR count). The summed E-state index contributed by atoms with van der Waals surface area (Å²) in [6.07, 6.45) is 1.26. The van der Waals surface area contributed by atoms with Crippen molar-refractivity contribution in [3.8, 4) is 6.07 Å². The predicted octanol–water partition coefficient (Wildman–Crippen LogP) is 5.01. The number of rotatable bonds is 6. The van der Waals surface area contributed by atoms with Gasteiger partial charge in [0.2, 0.25) is 0 Å². The lowest BCUT2D eigenvalue weighted by Crippen LogP contribution is -2.44. The normalized spacial score (nSPS) is 11.2. The molecule has 0 aliphatic carbocycles. The summed E-state index contributed by atoms with van der Waals surface area (Å²) in [4.78, 5) is 13.0. The molecule has 0 aromatic heterocycles. The average Bonchev–Trinajstić information content (AvgIpc) is 2.66. The molecular weight excluding hydrogens is 336 g/mol. The molecule has 0 heterocycles. The van der Waals surface area contributed by atoms with Gasteiger partial charge in [0.25, 0.3) is 0 Å². The van der Waals surface area contributed by atoms with Gasteiger partial charge in [0.1, 0.15) is 17.2 Å². The maximum Gasteiger partial charge on any atom is 0.350 e. The Balaban J connectivity index is 2.60. The van der Waals surface area contributed by atoms with Crippen molar-refractivity contribution in [3.05, 3.63) is 77.4 Å². The second kappa shape index (κ2) is 8.01. The molecule has 4 heteroatoms. The van der Waals surface area contributed by atoms with Crippen molar-refractivity contribution in [3.63, 3.8) is 0 Å². The highest BCUT2D eigenvalue weighted by molar-refractivity contribution is 6.05. The van der Waals surface area contributed by atoms with E-state index < -0.39 is 17.0 Å². The fraction of sp³-hybridized carbons (Fsp3) is 0.261. The number of carbonyl (C=O) groups is 1. The first-order valence-electron chi connectivity index (χ1n) is 8.73. The summed E-state index contributed by atoms with van der Waals surface area (Å²) in [6.45, 7) is 7.13. The number of esters is 1. The van der Waals surface area contributed by atoms with Gasteiger partial charge in [-0.1, -0.05) is 74.5 Å². The zero-order chi connectivity index (χ0) is 20.1.